The van der Waals surface area contributed by atoms with Gasteiger partial charge in [0.25, 0.3) is 0 Å². The molecule has 0 radical (unpaired) electrons. The van der Waals surface area contributed by atoms with E-state index in [9.17, 15) is 9.59 Å². The number of amides is 2. The van der Waals surface area contributed by atoms with Crippen LogP contribution in [-0.4, -0.2) is 18.4 Å². The fourth-order valence-corrected chi connectivity index (χ4v) is 2.28. The maximum atomic E-state index is 12.0. The van der Waals surface area contributed by atoms with Crippen molar-refractivity contribution < 1.29 is 14.3 Å². The van der Waals surface area contributed by atoms with Gasteiger partial charge in [-0.1, -0.05) is 26.0 Å². The highest BCUT2D eigenvalue weighted by Crippen LogP contribution is 2.20. The third kappa shape index (κ3) is 5.62. The summed E-state index contributed by atoms with van der Waals surface area (Å²) in [5.74, 6) is 0.578. The van der Waals surface area contributed by atoms with Crippen LogP contribution >= 0.6 is 0 Å². The summed E-state index contributed by atoms with van der Waals surface area (Å²) in [6.07, 6.45) is 0.263. The van der Waals surface area contributed by atoms with Gasteiger partial charge >= 0.3 is 0 Å². The molecule has 0 atom stereocenters. The van der Waals surface area contributed by atoms with E-state index in [0.717, 1.165) is 16.9 Å². The van der Waals surface area contributed by atoms with Crippen molar-refractivity contribution in [3.8, 4) is 5.75 Å². The van der Waals surface area contributed by atoms with Gasteiger partial charge in [0.05, 0.1) is 13.0 Å². The predicted molar refractivity (Wildman–Crippen MR) is 105 cm³/mol. The Bertz CT molecular complexity index is 767. The lowest BCUT2D eigenvalue weighted by atomic mass is 10.1. The number of anilines is 2. The van der Waals surface area contributed by atoms with Crippen LogP contribution in [0.15, 0.2) is 42.5 Å². The van der Waals surface area contributed by atoms with Crippen LogP contribution in [0.25, 0.3) is 0 Å². The molecule has 0 aliphatic rings. The van der Waals surface area contributed by atoms with Gasteiger partial charge in [-0.2, -0.15) is 0 Å². The fraction of sp³-hybridized carbons (Fsp3) is 0.333. The lowest BCUT2D eigenvalue weighted by Crippen LogP contribution is -2.18. The molecule has 0 saturated heterocycles. The summed E-state index contributed by atoms with van der Waals surface area (Å²) in [5, 5.41) is 5.64. The topological polar surface area (TPSA) is 67.4 Å². The van der Waals surface area contributed by atoms with Gasteiger partial charge in [-0.15, -0.1) is 0 Å². The van der Waals surface area contributed by atoms with Crippen molar-refractivity contribution in [2.24, 2.45) is 5.92 Å². The average Bonchev–Trinajstić information content (AvgIpc) is 2.60. The maximum Gasteiger partial charge on any atom is 0.227 e. The highest BCUT2D eigenvalue weighted by molar-refractivity contribution is 5.93. The molecule has 0 bridgehead atoms. The zero-order valence-electron chi connectivity index (χ0n) is 15.8. The zero-order valence-corrected chi connectivity index (χ0v) is 15.8. The number of rotatable bonds is 7. The highest BCUT2D eigenvalue weighted by Gasteiger charge is 2.08. The number of nitrogens with one attached hydrogen (secondary N) is 2. The molecule has 2 amide bonds. The molecule has 0 heterocycles. The van der Waals surface area contributed by atoms with Crippen molar-refractivity contribution in [3.05, 3.63) is 53.6 Å². The molecule has 2 rings (SSSR count). The smallest absolute Gasteiger partial charge is 0.227 e. The second kappa shape index (κ2) is 9.04. The molecule has 0 aliphatic carbocycles. The molecule has 26 heavy (non-hydrogen) atoms. The quantitative estimate of drug-likeness (QED) is 0.779. The molecule has 0 aliphatic heterocycles. The van der Waals surface area contributed by atoms with E-state index < -0.39 is 0 Å². The third-order valence-corrected chi connectivity index (χ3v) is 4.10. The van der Waals surface area contributed by atoms with E-state index in [1.165, 1.54) is 0 Å². The number of ether oxygens (including phenoxy) is 1. The normalized spacial score (nSPS) is 10.5. The van der Waals surface area contributed by atoms with Crippen LogP contribution in [0.1, 0.15) is 31.4 Å². The van der Waals surface area contributed by atoms with E-state index in [4.69, 9.17) is 4.74 Å². The first kappa shape index (κ1) is 19.5. The summed E-state index contributed by atoms with van der Waals surface area (Å²) >= 11 is 0. The molecule has 0 saturated carbocycles. The second-order valence-corrected chi connectivity index (χ2v) is 6.57. The molecule has 5 nitrogen and oxygen atoms in total. The van der Waals surface area contributed by atoms with Crippen LogP contribution in [0.2, 0.25) is 0 Å². The van der Waals surface area contributed by atoms with Gasteiger partial charge in [-0.05, 0) is 55.3 Å². The summed E-state index contributed by atoms with van der Waals surface area (Å²) < 4.78 is 5.70. The number of aryl methyl sites for hydroxylation is 1. The van der Waals surface area contributed by atoms with Crippen LogP contribution in [0.3, 0.4) is 0 Å². The minimum Gasteiger partial charge on any atom is -0.493 e. The molecule has 138 valence electrons. The minimum atomic E-state index is -0.116. The minimum absolute atomic E-state index is 0.0367. The van der Waals surface area contributed by atoms with Crippen LogP contribution < -0.4 is 15.4 Å². The second-order valence-electron chi connectivity index (χ2n) is 6.57. The number of hydrogen-bond acceptors (Lipinski definition) is 3. The molecule has 5 heteroatoms. The third-order valence-electron chi connectivity index (χ3n) is 4.10. The van der Waals surface area contributed by atoms with Crippen molar-refractivity contribution in [1.29, 1.82) is 0 Å². The van der Waals surface area contributed by atoms with Crippen LogP contribution in [0.4, 0.5) is 11.4 Å². The molecule has 0 aromatic heterocycles. The van der Waals surface area contributed by atoms with Crippen LogP contribution in [0.5, 0.6) is 5.75 Å². The van der Waals surface area contributed by atoms with Gasteiger partial charge in [-0.25, -0.2) is 0 Å². The zero-order chi connectivity index (χ0) is 19.1. The molecule has 2 aromatic carbocycles. The monoisotopic (exact) mass is 354 g/mol. The van der Waals surface area contributed by atoms with E-state index in [2.05, 4.69) is 10.6 Å². The summed E-state index contributed by atoms with van der Waals surface area (Å²) in [4.78, 5) is 23.7. The first-order chi connectivity index (χ1) is 12.4. The molecular weight excluding hydrogens is 328 g/mol. The van der Waals surface area contributed by atoms with Crippen molar-refractivity contribution in [2.75, 3.05) is 17.2 Å². The lowest BCUT2D eigenvalue weighted by Gasteiger charge is -2.11. The van der Waals surface area contributed by atoms with Gasteiger partial charge < -0.3 is 15.4 Å². The van der Waals surface area contributed by atoms with Crippen molar-refractivity contribution >= 4 is 23.2 Å². The highest BCUT2D eigenvalue weighted by atomic mass is 16.5. The molecule has 0 spiro atoms. The maximum absolute atomic E-state index is 12.0. The Morgan fingerprint density at radius 2 is 1.58 bits per heavy atom. The SMILES string of the molecule is Cc1cccc(OCCC(=O)Nc2ccc(NC(=O)C(C)C)cc2)c1C. The van der Waals surface area contributed by atoms with Gasteiger partial charge in [0, 0.05) is 17.3 Å². The summed E-state index contributed by atoms with van der Waals surface area (Å²) in [6.45, 7) is 8.03. The Labute approximate surface area is 154 Å². The Balaban J connectivity index is 1.80. The van der Waals surface area contributed by atoms with Gasteiger partial charge in [0.2, 0.25) is 11.8 Å². The Morgan fingerprint density at radius 3 is 2.19 bits per heavy atom. The average molecular weight is 354 g/mol. The molecule has 0 unspecified atom stereocenters. The molecular formula is C21H26N2O3. The van der Waals surface area contributed by atoms with Gasteiger partial charge in [0.15, 0.2) is 0 Å². The van der Waals surface area contributed by atoms with Gasteiger partial charge in [0.1, 0.15) is 5.75 Å². The summed E-state index contributed by atoms with van der Waals surface area (Å²) in [6, 6.07) is 12.9. The Kier molecular flexibility index (Phi) is 6.78. The Morgan fingerprint density at radius 1 is 0.962 bits per heavy atom. The predicted octanol–water partition coefficient (Wildman–Crippen LogP) is 4.31. The van der Waals surface area contributed by atoms with Crippen molar-refractivity contribution in [1.82, 2.24) is 0 Å². The van der Waals surface area contributed by atoms with Crippen molar-refractivity contribution in [3.63, 3.8) is 0 Å². The Hall–Kier alpha value is -2.82. The van der Waals surface area contributed by atoms with Gasteiger partial charge in [-0.3, -0.25) is 9.59 Å². The first-order valence-corrected chi connectivity index (χ1v) is 8.76. The fourth-order valence-electron chi connectivity index (χ4n) is 2.28. The summed E-state index contributed by atoms with van der Waals surface area (Å²) in [7, 11) is 0. The molecule has 0 fully saturated rings. The van der Waals surface area contributed by atoms with E-state index >= 15 is 0 Å². The number of benzene rings is 2. The number of carbonyl (C=O) groups excluding carboxylic acids is 2. The van der Waals surface area contributed by atoms with E-state index in [0.29, 0.717) is 18.0 Å². The van der Waals surface area contributed by atoms with E-state index in [-0.39, 0.29) is 24.2 Å². The summed E-state index contributed by atoms with van der Waals surface area (Å²) in [5.41, 5.74) is 3.65. The number of carbonyl (C=O) groups is 2. The lowest BCUT2D eigenvalue weighted by molar-refractivity contribution is -0.119. The van der Waals surface area contributed by atoms with E-state index in [1.807, 2.05) is 45.9 Å². The first-order valence-electron chi connectivity index (χ1n) is 8.76. The van der Waals surface area contributed by atoms with Crippen LogP contribution in [0, 0.1) is 19.8 Å². The largest absolute Gasteiger partial charge is 0.493 e. The standard InChI is InChI=1S/C21H26N2O3/c1-14(2)21(25)23-18-10-8-17(9-11-18)22-20(24)12-13-26-19-7-5-6-15(3)16(19)4/h5-11,14H,12-13H2,1-4H3,(H,22,24)(H,23,25). The molecule has 2 aromatic rings. The van der Waals surface area contributed by atoms with Crippen molar-refractivity contribution in [2.45, 2.75) is 34.1 Å². The molecule has 2 N–H and O–H groups in total. The van der Waals surface area contributed by atoms with E-state index in [1.54, 1.807) is 24.3 Å². The number of hydrogen-bond donors (Lipinski definition) is 2. The van der Waals surface area contributed by atoms with Crippen LogP contribution in [-0.2, 0) is 9.59 Å².